The molecule has 0 saturated carbocycles. The van der Waals surface area contributed by atoms with E-state index in [0.29, 0.717) is 5.88 Å². The molecule has 1 aromatic carbocycles. The van der Waals surface area contributed by atoms with Crippen LogP contribution in [0.2, 0.25) is 0 Å². The fourth-order valence-corrected chi connectivity index (χ4v) is 1.84. The summed E-state index contributed by atoms with van der Waals surface area (Å²) in [6.07, 6.45) is 1.11. The second-order valence-electron chi connectivity index (χ2n) is 3.64. The largest absolute Gasteiger partial charge is 0.438 e. The highest BCUT2D eigenvalue weighted by molar-refractivity contribution is 14.1. The van der Waals surface area contributed by atoms with Crippen LogP contribution in [0.5, 0.6) is 11.6 Å². The predicted molar refractivity (Wildman–Crippen MR) is 74.1 cm³/mol. The van der Waals surface area contributed by atoms with Gasteiger partial charge in [-0.2, -0.15) is 0 Å². The molecule has 0 aliphatic heterocycles. The van der Waals surface area contributed by atoms with Crippen molar-refractivity contribution in [1.82, 2.24) is 4.98 Å². The van der Waals surface area contributed by atoms with Crippen molar-refractivity contribution >= 4 is 22.6 Å². The number of nitrogens with zero attached hydrogens (tertiary/aromatic N) is 1. The third kappa shape index (κ3) is 3.17. The van der Waals surface area contributed by atoms with Crippen LogP contribution in [0.3, 0.4) is 0 Å². The lowest BCUT2D eigenvalue weighted by Crippen LogP contribution is -1.94. The molecular formula is C13H12INO2. The fourth-order valence-electron chi connectivity index (χ4n) is 1.34. The predicted octanol–water partition coefficient (Wildman–Crippen LogP) is 3.53. The number of halogens is 1. The van der Waals surface area contributed by atoms with Gasteiger partial charge < -0.3 is 9.84 Å². The minimum atomic E-state index is -0.506. The maximum Gasteiger partial charge on any atom is 0.219 e. The number of para-hydroxylation sites is 1. The molecule has 0 bridgehead atoms. The van der Waals surface area contributed by atoms with Crippen LogP contribution in [0.4, 0.5) is 0 Å². The molecule has 1 aromatic heterocycles. The standard InChI is InChI=1S/C13H12INO2/c1-9(16)10-6-7-13(15-8-10)17-12-5-3-2-4-11(12)14/h2-9,16H,1H3. The lowest BCUT2D eigenvalue weighted by molar-refractivity contribution is 0.198. The Balaban J connectivity index is 2.17. The van der Waals surface area contributed by atoms with Crippen molar-refractivity contribution in [2.45, 2.75) is 13.0 Å². The van der Waals surface area contributed by atoms with Crippen LogP contribution in [0.25, 0.3) is 0 Å². The van der Waals surface area contributed by atoms with Crippen LogP contribution in [-0.2, 0) is 0 Å². The smallest absolute Gasteiger partial charge is 0.219 e. The molecule has 0 fully saturated rings. The summed E-state index contributed by atoms with van der Waals surface area (Å²) < 4.78 is 6.68. The monoisotopic (exact) mass is 341 g/mol. The minimum absolute atomic E-state index is 0.506. The molecule has 1 heterocycles. The van der Waals surface area contributed by atoms with E-state index in [1.54, 1.807) is 19.2 Å². The number of aliphatic hydroxyl groups is 1. The molecule has 2 rings (SSSR count). The Morgan fingerprint density at radius 1 is 1.24 bits per heavy atom. The molecule has 0 aliphatic rings. The summed E-state index contributed by atoms with van der Waals surface area (Å²) in [4.78, 5) is 4.15. The summed E-state index contributed by atoms with van der Waals surface area (Å²) in [5, 5.41) is 9.37. The maximum atomic E-state index is 9.37. The van der Waals surface area contributed by atoms with Crippen molar-refractivity contribution in [3.05, 3.63) is 51.7 Å². The van der Waals surface area contributed by atoms with E-state index in [2.05, 4.69) is 27.6 Å². The second-order valence-corrected chi connectivity index (χ2v) is 4.80. The molecule has 0 spiro atoms. The zero-order valence-corrected chi connectivity index (χ0v) is 11.5. The van der Waals surface area contributed by atoms with Crippen LogP contribution in [0, 0.1) is 3.57 Å². The summed E-state index contributed by atoms with van der Waals surface area (Å²) in [5.41, 5.74) is 0.778. The van der Waals surface area contributed by atoms with E-state index < -0.39 is 6.10 Å². The number of benzene rings is 1. The molecule has 2 aromatic rings. The molecule has 3 nitrogen and oxygen atoms in total. The Bertz CT molecular complexity index is 497. The lowest BCUT2D eigenvalue weighted by Gasteiger charge is -2.08. The average Bonchev–Trinajstić information content (AvgIpc) is 2.33. The second kappa shape index (κ2) is 5.46. The van der Waals surface area contributed by atoms with Crippen LogP contribution < -0.4 is 4.74 Å². The van der Waals surface area contributed by atoms with Crippen molar-refractivity contribution < 1.29 is 9.84 Å². The van der Waals surface area contributed by atoms with E-state index in [1.165, 1.54) is 0 Å². The van der Waals surface area contributed by atoms with Crippen molar-refractivity contribution in [1.29, 1.82) is 0 Å². The van der Waals surface area contributed by atoms with Gasteiger partial charge in [-0.05, 0) is 53.3 Å². The van der Waals surface area contributed by atoms with E-state index in [9.17, 15) is 5.11 Å². The number of rotatable bonds is 3. The molecule has 0 saturated heterocycles. The van der Waals surface area contributed by atoms with Gasteiger partial charge in [0.1, 0.15) is 5.75 Å². The van der Waals surface area contributed by atoms with Crippen LogP contribution in [-0.4, -0.2) is 10.1 Å². The molecule has 88 valence electrons. The first-order chi connectivity index (χ1) is 8.16. The van der Waals surface area contributed by atoms with Crippen LogP contribution in [0.15, 0.2) is 42.6 Å². The van der Waals surface area contributed by atoms with Gasteiger partial charge in [-0.15, -0.1) is 0 Å². The van der Waals surface area contributed by atoms with Crippen LogP contribution in [0.1, 0.15) is 18.6 Å². The Hall–Kier alpha value is -1.14. The van der Waals surface area contributed by atoms with E-state index >= 15 is 0 Å². The highest BCUT2D eigenvalue weighted by Gasteiger charge is 2.04. The van der Waals surface area contributed by atoms with E-state index in [4.69, 9.17) is 4.74 Å². The summed E-state index contributed by atoms with van der Waals surface area (Å²) in [5.74, 6) is 1.31. The maximum absolute atomic E-state index is 9.37. The normalized spacial score (nSPS) is 12.2. The number of aliphatic hydroxyl groups excluding tert-OH is 1. The number of hydrogen-bond acceptors (Lipinski definition) is 3. The fraction of sp³-hybridized carbons (Fsp3) is 0.154. The summed E-state index contributed by atoms with van der Waals surface area (Å²) in [6.45, 7) is 1.71. The Morgan fingerprint density at radius 3 is 2.59 bits per heavy atom. The third-order valence-corrected chi connectivity index (χ3v) is 3.18. The third-order valence-electron chi connectivity index (χ3n) is 2.29. The molecule has 0 aliphatic carbocycles. The highest BCUT2D eigenvalue weighted by Crippen LogP contribution is 2.25. The molecule has 0 amide bonds. The first-order valence-electron chi connectivity index (χ1n) is 5.23. The van der Waals surface area contributed by atoms with E-state index in [-0.39, 0.29) is 0 Å². The number of ether oxygens (including phenoxy) is 1. The molecule has 1 unspecified atom stereocenters. The van der Waals surface area contributed by atoms with E-state index in [1.807, 2.05) is 30.3 Å². The van der Waals surface area contributed by atoms with E-state index in [0.717, 1.165) is 14.9 Å². The number of aromatic nitrogens is 1. The van der Waals surface area contributed by atoms with Gasteiger partial charge in [0.05, 0.1) is 9.67 Å². The first kappa shape index (κ1) is 12.3. The van der Waals surface area contributed by atoms with Crippen molar-refractivity contribution in [2.24, 2.45) is 0 Å². The molecule has 0 radical (unpaired) electrons. The van der Waals surface area contributed by atoms with Gasteiger partial charge in [0.25, 0.3) is 0 Å². The Morgan fingerprint density at radius 2 is 2.00 bits per heavy atom. The Labute approximate surface area is 114 Å². The molecular weight excluding hydrogens is 329 g/mol. The van der Waals surface area contributed by atoms with Crippen molar-refractivity contribution in [3.8, 4) is 11.6 Å². The zero-order valence-electron chi connectivity index (χ0n) is 9.30. The van der Waals surface area contributed by atoms with Gasteiger partial charge in [0, 0.05) is 12.3 Å². The van der Waals surface area contributed by atoms with Crippen molar-refractivity contribution in [3.63, 3.8) is 0 Å². The summed E-state index contributed by atoms with van der Waals surface area (Å²) >= 11 is 2.21. The summed E-state index contributed by atoms with van der Waals surface area (Å²) in [7, 11) is 0. The minimum Gasteiger partial charge on any atom is -0.438 e. The Kier molecular flexibility index (Phi) is 3.96. The highest BCUT2D eigenvalue weighted by atomic mass is 127. The van der Waals surface area contributed by atoms with Gasteiger partial charge >= 0.3 is 0 Å². The molecule has 17 heavy (non-hydrogen) atoms. The van der Waals surface area contributed by atoms with Gasteiger partial charge in [0.15, 0.2) is 0 Å². The van der Waals surface area contributed by atoms with Gasteiger partial charge in [0.2, 0.25) is 5.88 Å². The zero-order chi connectivity index (χ0) is 12.3. The van der Waals surface area contributed by atoms with Crippen molar-refractivity contribution in [2.75, 3.05) is 0 Å². The average molecular weight is 341 g/mol. The first-order valence-corrected chi connectivity index (χ1v) is 6.31. The van der Waals surface area contributed by atoms with Crippen LogP contribution >= 0.6 is 22.6 Å². The number of hydrogen-bond donors (Lipinski definition) is 1. The molecule has 1 atom stereocenters. The van der Waals surface area contributed by atoms with Gasteiger partial charge in [-0.25, -0.2) is 4.98 Å². The number of pyridine rings is 1. The SMILES string of the molecule is CC(O)c1ccc(Oc2ccccc2I)nc1. The topological polar surface area (TPSA) is 42.4 Å². The van der Waals surface area contributed by atoms with Gasteiger partial charge in [-0.3, -0.25) is 0 Å². The van der Waals surface area contributed by atoms with Gasteiger partial charge in [-0.1, -0.05) is 12.1 Å². The molecule has 1 N–H and O–H groups in total. The summed E-state index contributed by atoms with van der Waals surface area (Å²) in [6, 6.07) is 11.3. The lowest BCUT2D eigenvalue weighted by atomic mass is 10.2. The quantitative estimate of drug-likeness (QED) is 0.869. The molecule has 4 heteroatoms.